The van der Waals surface area contributed by atoms with Crippen molar-refractivity contribution in [2.24, 2.45) is 4.99 Å². The number of hydrogen-bond donors (Lipinski definition) is 0. The molecule has 0 spiro atoms. The first kappa shape index (κ1) is 9.44. The summed E-state index contributed by atoms with van der Waals surface area (Å²) in [6, 6.07) is 3.59. The zero-order chi connectivity index (χ0) is 9.84. The van der Waals surface area contributed by atoms with Crippen LogP contribution in [0.3, 0.4) is 0 Å². The number of isothiocyanates is 1. The van der Waals surface area contributed by atoms with Crippen molar-refractivity contribution < 1.29 is 9.31 Å². The predicted molar refractivity (Wildman–Crippen MR) is 47.7 cm³/mol. The average molecular weight is 198 g/mol. The van der Waals surface area contributed by atoms with Crippen LogP contribution in [0.4, 0.5) is 15.8 Å². The second-order valence-electron chi connectivity index (χ2n) is 2.07. The highest BCUT2D eigenvalue weighted by molar-refractivity contribution is 7.78. The molecule has 0 radical (unpaired) electrons. The fourth-order valence-corrected chi connectivity index (χ4v) is 0.922. The molecule has 0 N–H and O–H groups in total. The highest BCUT2D eigenvalue weighted by Gasteiger charge is 2.18. The summed E-state index contributed by atoms with van der Waals surface area (Å²) in [6.45, 7) is 0. The maximum atomic E-state index is 12.9. The highest BCUT2D eigenvalue weighted by Crippen LogP contribution is 2.29. The van der Waals surface area contributed by atoms with Crippen LogP contribution in [0.1, 0.15) is 0 Å². The molecule has 0 saturated heterocycles. The highest BCUT2D eigenvalue weighted by atomic mass is 32.1. The van der Waals surface area contributed by atoms with E-state index in [0.717, 1.165) is 6.07 Å². The fourth-order valence-electron chi connectivity index (χ4n) is 0.824. The Kier molecular flexibility index (Phi) is 2.79. The van der Waals surface area contributed by atoms with Gasteiger partial charge in [-0.15, -0.1) is 0 Å². The zero-order valence-corrected chi connectivity index (χ0v) is 7.05. The van der Waals surface area contributed by atoms with Gasteiger partial charge >= 0.3 is 5.69 Å². The summed E-state index contributed by atoms with van der Waals surface area (Å²) in [4.78, 5) is 12.9. The molecule has 66 valence electrons. The number of halogens is 1. The van der Waals surface area contributed by atoms with E-state index in [4.69, 9.17) is 0 Å². The van der Waals surface area contributed by atoms with Crippen molar-refractivity contribution in [1.82, 2.24) is 0 Å². The molecule has 0 unspecified atom stereocenters. The lowest BCUT2D eigenvalue weighted by Crippen LogP contribution is -1.92. The summed E-state index contributed by atoms with van der Waals surface area (Å²) in [5.74, 6) is -0.934. The number of nitro groups is 1. The van der Waals surface area contributed by atoms with Gasteiger partial charge < -0.3 is 0 Å². The standard InChI is InChI=1S/C7H3FN2O2S/c8-5-2-1-3-6(9-4-13)7(5)10(11)12/h1-3H. The number of benzene rings is 1. The molecule has 0 aromatic heterocycles. The van der Waals surface area contributed by atoms with Crippen LogP contribution in [0, 0.1) is 15.9 Å². The van der Waals surface area contributed by atoms with Crippen LogP contribution >= 0.6 is 12.2 Å². The maximum Gasteiger partial charge on any atom is 0.330 e. The van der Waals surface area contributed by atoms with Crippen molar-refractivity contribution in [1.29, 1.82) is 0 Å². The summed E-state index contributed by atoms with van der Waals surface area (Å²) in [6.07, 6.45) is 0. The number of para-hydroxylation sites is 1. The summed E-state index contributed by atoms with van der Waals surface area (Å²) in [7, 11) is 0. The van der Waals surface area contributed by atoms with Gasteiger partial charge in [-0.1, -0.05) is 6.07 Å². The molecule has 0 bridgehead atoms. The summed E-state index contributed by atoms with van der Waals surface area (Å²) in [5.41, 5.74) is -0.806. The normalized spacial score (nSPS) is 9.00. The van der Waals surface area contributed by atoms with Gasteiger partial charge in [-0.05, 0) is 24.4 Å². The quantitative estimate of drug-likeness (QED) is 0.317. The number of nitrogens with zero attached hydrogens (tertiary/aromatic N) is 2. The van der Waals surface area contributed by atoms with Crippen molar-refractivity contribution in [3.63, 3.8) is 0 Å². The average Bonchev–Trinajstić information content (AvgIpc) is 2.04. The van der Waals surface area contributed by atoms with E-state index in [0.29, 0.717) is 0 Å². The van der Waals surface area contributed by atoms with Gasteiger partial charge in [0.1, 0.15) is 0 Å². The Labute approximate surface area is 77.9 Å². The Morgan fingerprint density at radius 2 is 2.31 bits per heavy atom. The lowest BCUT2D eigenvalue weighted by atomic mass is 10.2. The Morgan fingerprint density at radius 3 is 2.85 bits per heavy atom. The van der Waals surface area contributed by atoms with E-state index >= 15 is 0 Å². The molecule has 0 aliphatic rings. The van der Waals surface area contributed by atoms with E-state index in [2.05, 4.69) is 17.2 Å². The first-order chi connectivity index (χ1) is 6.16. The van der Waals surface area contributed by atoms with Crippen LogP contribution in [-0.2, 0) is 0 Å². The predicted octanol–water partition coefficient (Wildman–Crippen LogP) is 2.47. The SMILES string of the molecule is O=[N+]([O-])c1c(F)cccc1N=C=S. The minimum Gasteiger partial charge on any atom is -0.258 e. The minimum atomic E-state index is -0.934. The molecular weight excluding hydrogens is 195 g/mol. The third-order valence-electron chi connectivity index (χ3n) is 1.31. The fraction of sp³-hybridized carbons (Fsp3) is 0. The molecule has 1 rings (SSSR count). The lowest BCUT2D eigenvalue weighted by molar-refractivity contribution is -0.386. The minimum absolute atomic E-state index is 0.125. The van der Waals surface area contributed by atoms with Crippen LogP contribution in [0.5, 0.6) is 0 Å². The molecule has 13 heavy (non-hydrogen) atoms. The molecule has 0 heterocycles. The van der Waals surface area contributed by atoms with Crippen molar-refractivity contribution in [2.75, 3.05) is 0 Å². The number of hydrogen-bond acceptors (Lipinski definition) is 4. The van der Waals surface area contributed by atoms with Crippen LogP contribution in [0.25, 0.3) is 0 Å². The van der Waals surface area contributed by atoms with Gasteiger partial charge in [0.25, 0.3) is 0 Å². The largest absolute Gasteiger partial charge is 0.330 e. The second kappa shape index (κ2) is 3.84. The van der Waals surface area contributed by atoms with Gasteiger partial charge in [0.2, 0.25) is 5.82 Å². The molecular formula is C7H3FN2O2S. The van der Waals surface area contributed by atoms with Gasteiger partial charge in [-0.25, -0.2) is 0 Å². The number of rotatable bonds is 2. The molecule has 0 atom stereocenters. The Balaban J connectivity index is 3.42. The van der Waals surface area contributed by atoms with E-state index in [1.165, 1.54) is 12.1 Å². The Morgan fingerprint density at radius 1 is 1.62 bits per heavy atom. The molecule has 1 aromatic carbocycles. The number of aliphatic imine (C=N–C) groups is 1. The lowest BCUT2D eigenvalue weighted by Gasteiger charge is -1.95. The summed E-state index contributed by atoms with van der Waals surface area (Å²) in [5, 5.41) is 12.3. The molecule has 1 aromatic rings. The van der Waals surface area contributed by atoms with Crippen LogP contribution in [-0.4, -0.2) is 10.1 Å². The number of thiocarbonyl (C=S) groups is 1. The van der Waals surface area contributed by atoms with E-state index in [1.54, 1.807) is 0 Å². The first-order valence-corrected chi connectivity index (χ1v) is 3.58. The van der Waals surface area contributed by atoms with Crippen LogP contribution in [0.15, 0.2) is 23.2 Å². The molecule has 6 heteroatoms. The Bertz CT molecular complexity index is 401. The monoisotopic (exact) mass is 198 g/mol. The van der Waals surface area contributed by atoms with Crippen molar-refractivity contribution in [2.45, 2.75) is 0 Å². The zero-order valence-electron chi connectivity index (χ0n) is 6.23. The van der Waals surface area contributed by atoms with Gasteiger partial charge in [0, 0.05) is 0 Å². The van der Waals surface area contributed by atoms with Gasteiger partial charge in [0.15, 0.2) is 5.69 Å². The van der Waals surface area contributed by atoms with Gasteiger partial charge in [0.05, 0.1) is 10.1 Å². The molecule has 0 fully saturated rings. The first-order valence-electron chi connectivity index (χ1n) is 3.17. The van der Waals surface area contributed by atoms with Crippen molar-refractivity contribution >= 4 is 28.8 Å². The van der Waals surface area contributed by atoms with Crippen LogP contribution in [0.2, 0.25) is 0 Å². The summed E-state index contributed by atoms with van der Waals surface area (Å²) < 4.78 is 12.9. The van der Waals surface area contributed by atoms with E-state index in [-0.39, 0.29) is 5.69 Å². The summed E-state index contributed by atoms with van der Waals surface area (Å²) >= 11 is 4.26. The molecule has 0 aliphatic carbocycles. The molecule has 4 nitrogen and oxygen atoms in total. The number of nitro benzene ring substituents is 1. The smallest absolute Gasteiger partial charge is 0.258 e. The van der Waals surface area contributed by atoms with E-state index in [9.17, 15) is 14.5 Å². The molecule has 0 saturated carbocycles. The van der Waals surface area contributed by atoms with Crippen molar-refractivity contribution in [3.8, 4) is 0 Å². The van der Waals surface area contributed by atoms with Crippen molar-refractivity contribution in [3.05, 3.63) is 34.1 Å². The van der Waals surface area contributed by atoms with Gasteiger partial charge in [-0.3, -0.25) is 10.1 Å². The third-order valence-corrected chi connectivity index (χ3v) is 1.41. The van der Waals surface area contributed by atoms with E-state index in [1.807, 2.05) is 5.16 Å². The Hall–Kier alpha value is -1.65. The maximum absolute atomic E-state index is 12.9. The van der Waals surface area contributed by atoms with Crippen LogP contribution < -0.4 is 0 Å². The second-order valence-corrected chi connectivity index (χ2v) is 2.25. The third kappa shape index (κ3) is 1.93. The topological polar surface area (TPSA) is 55.5 Å². The van der Waals surface area contributed by atoms with E-state index < -0.39 is 16.4 Å². The molecule has 0 amide bonds. The molecule has 0 aliphatic heterocycles. The van der Waals surface area contributed by atoms with Gasteiger partial charge in [-0.2, -0.15) is 9.38 Å².